The molecule has 3 rings (SSSR count). The maximum Gasteiger partial charge on any atom is 0.227 e. The smallest absolute Gasteiger partial charge is 0.227 e. The summed E-state index contributed by atoms with van der Waals surface area (Å²) in [7, 11) is 0. The van der Waals surface area contributed by atoms with Gasteiger partial charge in [0.15, 0.2) is 0 Å². The third-order valence-corrected chi connectivity index (χ3v) is 3.53. The average molecular weight is 384 g/mol. The molecule has 2 aliphatic heterocycles. The molecule has 0 bridgehead atoms. The number of guanidine groups is 1. The highest BCUT2D eigenvalue weighted by Crippen LogP contribution is 2.16. The number of aliphatic imine (C=N–C) groups is 2. The Balaban J connectivity index is 0.00000147. The summed E-state index contributed by atoms with van der Waals surface area (Å²) >= 11 is 0. The van der Waals surface area contributed by atoms with Gasteiger partial charge < -0.3 is 10.2 Å². The number of likely N-dealkylation sites (tertiary alicyclic amines) is 1. The third kappa shape index (κ3) is 3.94. The molecule has 0 atom stereocenters. The Morgan fingerprint density at radius 3 is 2.45 bits per heavy atom. The van der Waals surface area contributed by atoms with Crippen LogP contribution in [-0.4, -0.2) is 36.3 Å². The van der Waals surface area contributed by atoms with E-state index in [1.807, 2.05) is 30.3 Å². The van der Waals surface area contributed by atoms with Gasteiger partial charge in [0.25, 0.3) is 0 Å². The number of hydrogen-bond acceptors (Lipinski definition) is 1. The Hall–Kier alpha value is -1.11. The van der Waals surface area contributed by atoms with Crippen molar-refractivity contribution in [2.24, 2.45) is 9.98 Å². The van der Waals surface area contributed by atoms with Crippen molar-refractivity contribution in [3.63, 3.8) is 0 Å². The number of benzene rings is 1. The average Bonchev–Trinajstić information content (AvgIpc) is 3.12. The van der Waals surface area contributed by atoms with Crippen molar-refractivity contribution in [2.75, 3.05) is 19.6 Å². The quantitative estimate of drug-likeness (QED) is 0.459. The molecule has 0 radical (unpaired) electrons. The molecular formula is C15H21IN4. The molecule has 0 unspecified atom stereocenters. The summed E-state index contributed by atoms with van der Waals surface area (Å²) in [4.78, 5) is 11.7. The van der Waals surface area contributed by atoms with Crippen LogP contribution in [0.3, 0.4) is 0 Å². The third-order valence-electron chi connectivity index (χ3n) is 3.53. The summed E-state index contributed by atoms with van der Waals surface area (Å²) in [6.45, 7) is 3.18. The van der Waals surface area contributed by atoms with Crippen LogP contribution in [0.2, 0.25) is 0 Å². The second-order valence-corrected chi connectivity index (χ2v) is 5.03. The number of para-hydroxylation sites is 1. The van der Waals surface area contributed by atoms with Crippen molar-refractivity contribution in [3.05, 3.63) is 30.3 Å². The standard InChI is InChI=1S/C15H20N4.HI/c1-2-7-13(8-3-1)17-15(19-11-4-5-12-19)18-14-9-6-10-16-14;/h1-3,7-8H,4-6,9-12H2,(H,16,17,18);1H. The summed E-state index contributed by atoms with van der Waals surface area (Å²) in [6, 6.07) is 10.1. The van der Waals surface area contributed by atoms with Gasteiger partial charge >= 0.3 is 0 Å². The molecule has 2 aliphatic rings. The molecule has 0 aromatic heterocycles. The normalized spacial score (nSPS) is 20.9. The van der Waals surface area contributed by atoms with Gasteiger partial charge in [0.1, 0.15) is 5.84 Å². The molecule has 1 N–H and O–H groups in total. The number of hydrogen-bond donors (Lipinski definition) is 1. The van der Waals surface area contributed by atoms with E-state index in [1.54, 1.807) is 0 Å². The number of halogens is 1. The van der Waals surface area contributed by atoms with E-state index in [0.717, 1.165) is 43.5 Å². The number of nitrogens with one attached hydrogen (secondary N) is 1. The molecule has 1 aromatic rings. The summed E-state index contributed by atoms with van der Waals surface area (Å²) < 4.78 is 0. The summed E-state index contributed by atoms with van der Waals surface area (Å²) in [5.74, 6) is 1.95. The lowest BCUT2D eigenvalue weighted by molar-refractivity contribution is 0.513. The first-order valence-electron chi connectivity index (χ1n) is 7.12. The number of nitrogens with zero attached hydrogens (tertiary/aromatic N) is 3. The molecule has 4 nitrogen and oxygen atoms in total. The topological polar surface area (TPSA) is 40.0 Å². The second-order valence-electron chi connectivity index (χ2n) is 5.03. The first-order valence-corrected chi connectivity index (χ1v) is 7.12. The molecule has 20 heavy (non-hydrogen) atoms. The molecule has 2 fully saturated rings. The van der Waals surface area contributed by atoms with Gasteiger partial charge in [0.05, 0.1) is 5.69 Å². The van der Waals surface area contributed by atoms with E-state index in [9.17, 15) is 0 Å². The van der Waals surface area contributed by atoms with Crippen LogP contribution in [0.5, 0.6) is 0 Å². The van der Waals surface area contributed by atoms with Gasteiger partial charge in [-0.2, -0.15) is 0 Å². The monoisotopic (exact) mass is 384 g/mol. The van der Waals surface area contributed by atoms with E-state index in [4.69, 9.17) is 9.98 Å². The van der Waals surface area contributed by atoms with E-state index in [2.05, 4.69) is 10.2 Å². The minimum absolute atomic E-state index is 0. The van der Waals surface area contributed by atoms with E-state index < -0.39 is 0 Å². The van der Waals surface area contributed by atoms with Crippen LogP contribution < -0.4 is 5.32 Å². The van der Waals surface area contributed by atoms with E-state index in [1.165, 1.54) is 19.3 Å². The lowest BCUT2D eigenvalue weighted by Crippen LogP contribution is -2.28. The van der Waals surface area contributed by atoms with Crippen LogP contribution in [0.4, 0.5) is 5.69 Å². The van der Waals surface area contributed by atoms with Gasteiger partial charge in [0.2, 0.25) is 5.96 Å². The van der Waals surface area contributed by atoms with Crippen molar-refractivity contribution in [1.82, 2.24) is 10.2 Å². The zero-order chi connectivity index (χ0) is 12.9. The molecule has 5 heteroatoms. The highest BCUT2D eigenvalue weighted by Gasteiger charge is 2.17. The highest BCUT2D eigenvalue weighted by molar-refractivity contribution is 14.0. The van der Waals surface area contributed by atoms with Crippen molar-refractivity contribution >= 4 is 41.5 Å². The Kier molecular flexibility index (Phi) is 5.82. The lowest BCUT2D eigenvalue weighted by Gasteiger charge is -2.17. The fraction of sp³-hybridized carbons (Fsp3) is 0.467. The van der Waals surface area contributed by atoms with Gasteiger partial charge in [-0.1, -0.05) is 18.2 Å². The highest BCUT2D eigenvalue weighted by atomic mass is 127. The van der Waals surface area contributed by atoms with Gasteiger partial charge in [-0.25, -0.2) is 9.98 Å². The van der Waals surface area contributed by atoms with Crippen molar-refractivity contribution in [1.29, 1.82) is 0 Å². The second kappa shape index (κ2) is 7.61. The van der Waals surface area contributed by atoms with Gasteiger partial charge in [-0.15, -0.1) is 24.0 Å². The van der Waals surface area contributed by atoms with Crippen LogP contribution in [-0.2, 0) is 0 Å². The predicted molar refractivity (Wildman–Crippen MR) is 94.4 cm³/mol. The van der Waals surface area contributed by atoms with E-state index in [0.29, 0.717) is 0 Å². The molecular weight excluding hydrogens is 363 g/mol. The molecule has 2 saturated heterocycles. The van der Waals surface area contributed by atoms with Crippen molar-refractivity contribution in [2.45, 2.75) is 25.7 Å². The Bertz CT molecular complexity index is 470. The van der Waals surface area contributed by atoms with Gasteiger partial charge in [0, 0.05) is 26.1 Å². The minimum Gasteiger partial charge on any atom is -0.373 e. The van der Waals surface area contributed by atoms with Crippen LogP contribution in [0.25, 0.3) is 0 Å². The van der Waals surface area contributed by atoms with Crippen LogP contribution in [0.15, 0.2) is 40.3 Å². The van der Waals surface area contributed by atoms with Crippen LogP contribution >= 0.6 is 24.0 Å². The minimum atomic E-state index is 0. The fourth-order valence-corrected chi connectivity index (χ4v) is 2.49. The Labute approximate surface area is 137 Å². The molecule has 0 spiro atoms. The van der Waals surface area contributed by atoms with Gasteiger partial charge in [-0.3, -0.25) is 0 Å². The molecule has 0 saturated carbocycles. The molecule has 0 aliphatic carbocycles. The maximum absolute atomic E-state index is 4.73. The van der Waals surface area contributed by atoms with Crippen LogP contribution in [0.1, 0.15) is 25.7 Å². The molecule has 2 heterocycles. The van der Waals surface area contributed by atoms with Crippen LogP contribution in [0, 0.1) is 0 Å². The maximum atomic E-state index is 4.73. The fourth-order valence-electron chi connectivity index (χ4n) is 2.49. The first-order chi connectivity index (χ1) is 9.42. The molecule has 0 amide bonds. The van der Waals surface area contributed by atoms with E-state index in [-0.39, 0.29) is 24.0 Å². The molecule has 108 valence electrons. The zero-order valence-electron chi connectivity index (χ0n) is 11.6. The van der Waals surface area contributed by atoms with E-state index >= 15 is 0 Å². The number of rotatable bonds is 1. The summed E-state index contributed by atoms with van der Waals surface area (Å²) in [6.07, 6.45) is 4.71. The SMILES string of the molecule is I.c1ccc(N=C(N=C2CCCN2)N2CCCC2)cc1. The Morgan fingerprint density at radius 2 is 1.80 bits per heavy atom. The first kappa shape index (κ1) is 15.3. The van der Waals surface area contributed by atoms with Crippen molar-refractivity contribution in [3.8, 4) is 0 Å². The van der Waals surface area contributed by atoms with Gasteiger partial charge in [-0.05, 0) is 31.4 Å². The molecule has 1 aromatic carbocycles. The van der Waals surface area contributed by atoms with Crippen molar-refractivity contribution < 1.29 is 0 Å². The summed E-state index contributed by atoms with van der Waals surface area (Å²) in [5, 5.41) is 3.34. The lowest BCUT2D eigenvalue weighted by atomic mass is 10.3. The zero-order valence-corrected chi connectivity index (χ0v) is 13.9. The predicted octanol–water partition coefficient (Wildman–Crippen LogP) is 3.17. The number of amidine groups is 1. The Morgan fingerprint density at radius 1 is 1.05 bits per heavy atom. The largest absolute Gasteiger partial charge is 0.373 e. The summed E-state index contributed by atoms with van der Waals surface area (Å²) in [5.41, 5.74) is 0.978.